The van der Waals surface area contributed by atoms with Crippen LogP contribution in [0.1, 0.15) is 181 Å². The Morgan fingerprint density at radius 3 is 1.51 bits per heavy atom. The lowest BCUT2D eigenvalue weighted by molar-refractivity contribution is -0.161. The Balaban J connectivity index is 4.26. The first-order valence-corrected chi connectivity index (χ1v) is 22.6. The molecule has 0 saturated carbocycles. The third kappa shape index (κ3) is 39.5. The molecule has 53 heavy (non-hydrogen) atoms. The van der Waals surface area contributed by atoms with Gasteiger partial charge in [0.1, 0.15) is 6.61 Å². The highest BCUT2D eigenvalue weighted by molar-refractivity contribution is 7.47. The molecule has 0 saturated heterocycles. The van der Waals surface area contributed by atoms with Crippen LogP contribution in [0.15, 0.2) is 48.6 Å². The molecule has 0 aromatic rings. The van der Waals surface area contributed by atoms with Gasteiger partial charge in [-0.05, 0) is 51.4 Å². The second-order valence-electron chi connectivity index (χ2n) is 13.9. The number of phosphoric ester groups is 1. The molecule has 3 N–H and O–H groups in total. The quantitative estimate of drug-likeness (QED) is 0.0271. The van der Waals surface area contributed by atoms with Crippen molar-refractivity contribution in [2.24, 2.45) is 5.73 Å². The fraction of sp³-hybridized carbons (Fsp3) is 0.767. The third-order valence-corrected chi connectivity index (χ3v) is 9.70. The third-order valence-electron chi connectivity index (χ3n) is 8.72. The Hall–Kier alpha value is -2.03. The number of nitrogens with two attached hydrogens (primary N) is 1. The zero-order valence-electron chi connectivity index (χ0n) is 33.7. The summed E-state index contributed by atoms with van der Waals surface area (Å²) in [5.74, 6) is -0.892. The van der Waals surface area contributed by atoms with Crippen molar-refractivity contribution in [3.8, 4) is 0 Å². The number of esters is 2. The molecule has 0 fully saturated rings. The number of allylic oxidation sites excluding steroid dienone is 8. The lowest BCUT2D eigenvalue weighted by Gasteiger charge is -2.19. The molecular formula is C43H78NO8P. The van der Waals surface area contributed by atoms with E-state index in [4.69, 9.17) is 24.3 Å². The monoisotopic (exact) mass is 768 g/mol. The van der Waals surface area contributed by atoms with E-state index in [1.165, 1.54) is 103 Å². The minimum atomic E-state index is -4.39. The molecule has 0 aliphatic rings. The summed E-state index contributed by atoms with van der Waals surface area (Å²) in [6, 6.07) is 0. The average Bonchev–Trinajstić information content (AvgIpc) is 3.14. The van der Waals surface area contributed by atoms with Crippen LogP contribution in [0.2, 0.25) is 0 Å². The number of carbonyl (C=O) groups excluding carboxylic acids is 2. The molecule has 2 atom stereocenters. The van der Waals surface area contributed by atoms with Gasteiger partial charge in [0.05, 0.1) is 13.2 Å². The van der Waals surface area contributed by atoms with Crippen LogP contribution < -0.4 is 5.73 Å². The Kier molecular flexibility index (Phi) is 38.1. The van der Waals surface area contributed by atoms with Gasteiger partial charge in [0.25, 0.3) is 0 Å². The van der Waals surface area contributed by atoms with Crippen molar-refractivity contribution in [2.75, 3.05) is 26.4 Å². The number of hydrogen-bond donors (Lipinski definition) is 2. The number of hydrogen-bond acceptors (Lipinski definition) is 8. The largest absolute Gasteiger partial charge is 0.472 e. The van der Waals surface area contributed by atoms with Crippen LogP contribution in [0.5, 0.6) is 0 Å². The zero-order valence-corrected chi connectivity index (χ0v) is 34.6. The van der Waals surface area contributed by atoms with Crippen LogP contribution >= 0.6 is 7.82 Å². The number of rotatable bonds is 39. The summed E-state index contributed by atoms with van der Waals surface area (Å²) in [7, 11) is -4.39. The predicted octanol–water partition coefficient (Wildman–Crippen LogP) is 11.9. The van der Waals surface area contributed by atoms with E-state index < -0.39 is 32.5 Å². The lowest BCUT2D eigenvalue weighted by Crippen LogP contribution is -2.29. The van der Waals surface area contributed by atoms with Gasteiger partial charge in [-0.25, -0.2) is 4.57 Å². The summed E-state index contributed by atoms with van der Waals surface area (Å²) in [4.78, 5) is 34.8. The van der Waals surface area contributed by atoms with Gasteiger partial charge in [0.2, 0.25) is 0 Å². The van der Waals surface area contributed by atoms with Gasteiger partial charge in [0.15, 0.2) is 6.10 Å². The Labute approximate surface area is 324 Å². The maximum absolute atomic E-state index is 12.5. The standard InChI is InChI=1S/C43H78NO8P/c1-3-5-7-9-11-13-15-17-19-20-22-24-26-28-30-32-34-36-43(46)52-41(40-51-53(47,48)50-38-37-44)39-49-42(45)35-33-31-29-27-25-23-21-18-16-14-12-10-8-6-4-2/h11,13,17,19,22,24,28,30,41H,3-10,12,14-16,18,20-21,23,25-27,29,31-40,44H2,1-2H3,(H,47,48)/b13-11+,19-17+,24-22+,30-28-/t41-/m1/s1. The SMILES string of the molecule is CCCCC/C=C/C/C=C/C/C=C/C/C=C\CCCC(=O)O[C@H](COC(=O)CCCCCCCCCCCCCCCCC)COP(=O)(O)OCCN. The fourth-order valence-electron chi connectivity index (χ4n) is 5.57. The molecule has 0 aromatic carbocycles. The van der Waals surface area contributed by atoms with Gasteiger partial charge >= 0.3 is 19.8 Å². The molecule has 0 bridgehead atoms. The number of ether oxygens (including phenoxy) is 2. The molecular weight excluding hydrogens is 689 g/mol. The predicted molar refractivity (Wildman–Crippen MR) is 220 cm³/mol. The summed E-state index contributed by atoms with van der Waals surface area (Å²) in [5.41, 5.74) is 5.34. The van der Waals surface area contributed by atoms with Gasteiger partial charge in [-0.3, -0.25) is 18.6 Å². The molecule has 1 unspecified atom stereocenters. The number of unbranched alkanes of at least 4 members (excludes halogenated alkanes) is 18. The van der Waals surface area contributed by atoms with E-state index in [1.807, 2.05) is 6.08 Å². The second-order valence-corrected chi connectivity index (χ2v) is 15.3. The Morgan fingerprint density at radius 1 is 0.566 bits per heavy atom. The maximum atomic E-state index is 12.5. The van der Waals surface area contributed by atoms with Gasteiger partial charge < -0.3 is 20.1 Å². The first-order chi connectivity index (χ1) is 25.8. The summed E-state index contributed by atoms with van der Waals surface area (Å²) in [6.45, 7) is 3.64. The van der Waals surface area contributed by atoms with Crippen LogP contribution in [-0.2, 0) is 32.7 Å². The second kappa shape index (κ2) is 39.7. The molecule has 9 nitrogen and oxygen atoms in total. The van der Waals surface area contributed by atoms with Crippen molar-refractivity contribution in [2.45, 2.75) is 187 Å². The average molecular weight is 768 g/mol. The highest BCUT2D eigenvalue weighted by atomic mass is 31.2. The first kappa shape index (κ1) is 51.0. The minimum absolute atomic E-state index is 0.0443. The molecule has 308 valence electrons. The lowest BCUT2D eigenvalue weighted by atomic mass is 10.0. The van der Waals surface area contributed by atoms with Crippen molar-refractivity contribution in [3.05, 3.63) is 48.6 Å². The van der Waals surface area contributed by atoms with Crippen LogP contribution in [0.3, 0.4) is 0 Å². The molecule has 0 rings (SSSR count). The summed E-state index contributed by atoms with van der Waals surface area (Å²) >= 11 is 0. The van der Waals surface area contributed by atoms with E-state index in [9.17, 15) is 19.0 Å². The van der Waals surface area contributed by atoms with E-state index in [2.05, 4.69) is 56.4 Å². The van der Waals surface area contributed by atoms with Crippen LogP contribution in [0.4, 0.5) is 0 Å². The first-order valence-electron chi connectivity index (χ1n) is 21.1. The van der Waals surface area contributed by atoms with Gasteiger partial charge in [-0.15, -0.1) is 0 Å². The van der Waals surface area contributed by atoms with E-state index in [0.29, 0.717) is 12.8 Å². The smallest absolute Gasteiger partial charge is 0.462 e. The molecule has 0 aliphatic carbocycles. The van der Waals surface area contributed by atoms with Crippen molar-refractivity contribution in [3.63, 3.8) is 0 Å². The summed E-state index contributed by atoms with van der Waals surface area (Å²) in [6.07, 6.45) is 44.3. The number of carbonyl (C=O) groups is 2. The van der Waals surface area contributed by atoms with Gasteiger partial charge in [-0.2, -0.15) is 0 Å². The topological polar surface area (TPSA) is 134 Å². The van der Waals surface area contributed by atoms with Crippen molar-refractivity contribution in [1.29, 1.82) is 0 Å². The van der Waals surface area contributed by atoms with Crippen molar-refractivity contribution in [1.82, 2.24) is 0 Å². The van der Waals surface area contributed by atoms with Crippen molar-refractivity contribution >= 4 is 19.8 Å². The molecule has 0 aliphatic heterocycles. The minimum Gasteiger partial charge on any atom is -0.462 e. The molecule has 0 aromatic heterocycles. The van der Waals surface area contributed by atoms with E-state index in [1.54, 1.807) is 0 Å². The van der Waals surface area contributed by atoms with Crippen molar-refractivity contribution < 1.29 is 37.6 Å². The van der Waals surface area contributed by atoms with Crippen LogP contribution in [0, 0.1) is 0 Å². The summed E-state index contributed by atoms with van der Waals surface area (Å²) < 4.78 is 32.7. The zero-order chi connectivity index (χ0) is 38.9. The van der Waals surface area contributed by atoms with E-state index in [-0.39, 0.29) is 32.6 Å². The molecule has 10 heteroatoms. The van der Waals surface area contributed by atoms with Crippen LogP contribution in [0.25, 0.3) is 0 Å². The van der Waals surface area contributed by atoms with E-state index in [0.717, 1.165) is 38.5 Å². The molecule has 0 heterocycles. The van der Waals surface area contributed by atoms with Crippen LogP contribution in [-0.4, -0.2) is 49.3 Å². The maximum Gasteiger partial charge on any atom is 0.472 e. The fourth-order valence-corrected chi connectivity index (χ4v) is 6.33. The highest BCUT2D eigenvalue weighted by Gasteiger charge is 2.25. The van der Waals surface area contributed by atoms with E-state index >= 15 is 0 Å². The Morgan fingerprint density at radius 2 is 1.00 bits per heavy atom. The normalized spacial score (nSPS) is 13.8. The summed E-state index contributed by atoms with van der Waals surface area (Å²) in [5, 5.41) is 0. The molecule has 0 radical (unpaired) electrons. The Bertz CT molecular complexity index is 1010. The molecule has 0 spiro atoms. The van der Waals surface area contributed by atoms with Gasteiger partial charge in [-0.1, -0.05) is 165 Å². The number of phosphoric acid groups is 1. The molecule has 0 amide bonds. The highest BCUT2D eigenvalue weighted by Crippen LogP contribution is 2.43. The van der Waals surface area contributed by atoms with Gasteiger partial charge in [0, 0.05) is 19.4 Å².